The van der Waals surface area contributed by atoms with E-state index < -0.39 is 16.1 Å². The van der Waals surface area contributed by atoms with E-state index >= 15 is 0 Å². The van der Waals surface area contributed by atoms with Crippen molar-refractivity contribution in [3.05, 3.63) is 78.4 Å². The van der Waals surface area contributed by atoms with Gasteiger partial charge in [0.15, 0.2) is 0 Å². The zero-order valence-electron chi connectivity index (χ0n) is 16.0. The third-order valence-electron chi connectivity index (χ3n) is 4.05. The fourth-order valence-corrected chi connectivity index (χ4v) is 3.70. The Labute approximate surface area is 169 Å². The Hall–Kier alpha value is -3.52. The molecule has 0 fully saturated rings. The van der Waals surface area contributed by atoms with Crippen molar-refractivity contribution in [2.45, 2.75) is 11.8 Å². The molecule has 150 valence electrons. The topological polar surface area (TPSA) is 96.5 Å². The van der Waals surface area contributed by atoms with E-state index in [-0.39, 0.29) is 4.90 Å². The fourth-order valence-electron chi connectivity index (χ4n) is 2.64. The Morgan fingerprint density at radius 1 is 0.862 bits per heavy atom. The Morgan fingerprint density at radius 3 is 2.10 bits per heavy atom. The monoisotopic (exact) mass is 411 g/mol. The van der Waals surface area contributed by atoms with Crippen LogP contribution in [0.15, 0.2) is 77.7 Å². The molecular weight excluding hydrogens is 390 g/mol. The first-order chi connectivity index (χ1) is 13.9. The fraction of sp³-hybridized carbons (Fsp3) is 0.0952. The number of anilines is 3. The number of para-hydroxylation sites is 1. The Bertz CT molecular complexity index is 1100. The van der Waals surface area contributed by atoms with Gasteiger partial charge in [-0.15, -0.1) is 0 Å². The van der Waals surface area contributed by atoms with Gasteiger partial charge in [-0.1, -0.05) is 24.3 Å². The van der Waals surface area contributed by atoms with Gasteiger partial charge in [-0.3, -0.25) is 4.72 Å². The lowest BCUT2D eigenvalue weighted by Gasteiger charge is -2.13. The molecule has 3 aromatic carbocycles. The first-order valence-corrected chi connectivity index (χ1v) is 10.3. The van der Waals surface area contributed by atoms with Crippen LogP contribution in [-0.2, 0) is 10.0 Å². The van der Waals surface area contributed by atoms with Crippen molar-refractivity contribution < 1.29 is 17.9 Å². The summed E-state index contributed by atoms with van der Waals surface area (Å²) in [5, 5.41) is 5.35. The molecule has 0 bridgehead atoms. The maximum atomic E-state index is 12.7. The number of urea groups is 1. The van der Waals surface area contributed by atoms with Crippen LogP contribution in [0.2, 0.25) is 0 Å². The molecule has 0 aliphatic carbocycles. The van der Waals surface area contributed by atoms with E-state index in [4.69, 9.17) is 4.74 Å². The van der Waals surface area contributed by atoms with Crippen LogP contribution in [0, 0.1) is 6.92 Å². The number of rotatable bonds is 6. The summed E-state index contributed by atoms with van der Waals surface area (Å²) in [7, 11) is -2.34. The molecule has 0 atom stereocenters. The lowest BCUT2D eigenvalue weighted by Crippen LogP contribution is -2.19. The van der Waals surface area contributed by atoms with Gasteiger partial charge in [0, 0.05) is 11.4 Å². The predicted octanol–water partition coefficient (Wildman–Crippen LogP) is 4.45. The van der Waals surface area contributed by atoms with E-state index in [0.29, 0.717) is 22.8 Å². The van der Waals surface area contributed by atoms with Crippen molar-refractivity contribution >= 4 is 33.1 Å². The van der Waals surface area contributed by atoms with Crippen LogP contribution in [0.4, 0.5) is 21.9 Å². The minimum Gasteiger partial charge on any atom is -0.495 e. The number of hydrogen-bond donors (Lipinski definition) is 3. The standard InChI is InChI=1S/C21H21N3O4S/c1-15-8-13-20(28-2)19(14-15)24-29(26,27)18-11-9-17(10-12-18)23-21(25)22-16-6-4-3-5-7-16/h3-14,24H,1-2H3,(H2,22,23,25). The molecule has 0 spiro atoms. The van der Waals surface area contributed by atoms with E-state index in [1.54, 1.807) is 24.3 Å². The number of hydrogen-bond acceptors (Lipinski definition) is 4. The Kier molecular flexibility index (Phi) is 6.04. The summed E-state index contributed by atoms with van der Waals surface area (Å²) in [4.78, 5) is 12.1. The van der Waals surface area contributed by atoms with E-state index in [1.165, 1.54) is 31.4 Å². The molecule has 0 saturated carbocycles. The molecular formula is C21H21N3O4S. The first-order valence-electron chi connectivity index (χ1n) is 8.78. The van der Waals surface area contributed by atoms with Crippen LogP contribution in [0.3, 0.4) is 0 Å². The van der Waals surface area contributed by atoms with Gasteiger partial charge in [0.1, 0.15) is 5.75 Å². The molecule has 0 heterocycles. The average molecular weight is 411 g/mol. The van der Waals surface area contributed by atoms with Crippen LogP contribution < -0.4 is 20.1 Å². The predicted molar refractivity (Wildman–Crippen MR) is 114 cm³/mol. The molecule has 0 radical (unpaired) electrons. The summed E-state index contributed by atoms with van der Waals surface area (Å²) in [6, 6.07) is 19.7. The van der Waals surface area contributed by atoms with Crippen molar-refractivity contribution in [1.82, 2.24) is 0 Å². The van der Waals surface area contributed by atoms with E-state index in [9.17, 15) is 13.2 Å². The van der Waals surface area contributed by atoms with Gasteiger partial charge in [0.05, 0.1) is 17.7 Å². The van der Waals surface area contributed by atoms with E-state index in [0.717, 1.165) is 5.56 Å². The molecule has 7 nitrogen and oxygen atoms in total. The van der Waals surface area contributed by atoms with Crippen molar-refractivity contribution in [3.63, 3.8) is 0 Å². The third kappa shape index (κ3) is 5.26. The summed E-state index contributed by atoms with van der Waals surface area (Å²) in [5.74, 6) is 0.426. The van der Waals surface area contributed by atoms with Gasteiger partial charge < -0.3 is 15.4 Å². The Morgan fingerprint density at radius 2 is 1.48 bits per heavy atom. The van der Waals surface area contributed by atoms with Crippen LogP contribution in [0.1, 0.15) is 5.56 Å². The number of carbonyl (C=O) groups excluding carboxylic acids is 1. The molecule has 8 heteroatoms. The van der Waals surface area contributed by atoms with Crippen molar-refractivity contribution in [2.75, 3.05) is 22.5 Å². The maximum absolute atomic E-state index is 12.7. The second kappa shape index (κ2) is 8.66. The largest absolute Gasteiger partial charge is 0.495 e. The first kappa shape index (κ1) is 20.2. The number of methoxy groups -OCH3 is 1. The second-order valence-electron chi connectivity index (χ2n) is 6.28. The number of carbonyl (C=O) groups is 1. The van der Waals surface area contributed by atoms with Crippen LogP contribution in [0.25, 0.3) is 0 Å². The summed E-state index contributed by atoms with van der Waals surface area (Å²) >= 11 is 0. The highest BCUT2D eigenvalue weighted by Crippen LogP contribution is 2.28. The maximum Gasteiger partial charge on any atom is 0.323 e. The number of ether oxygens (including phenoxy) is 1. The zero-order valence-corrected chi connectivity index (χ0v) is 16.8. The Balaban J connectivity index is 1.70. The SMILES string of the molecule is COc1ccc(C)cc1NS(=O)(=O)c1ccc(NC(=O)Nc2ccccc2)cc1. The molecule has 0 saturated heterocycles. The van der Waals surface area contributed by atoms with Crippen LogP contribution in [0.5, 0.6) is 5.75 Å². The summed E-state index contributed by atoms with van der Waals surface area (Å²) in [6.45, 7) is 1.86. The number of aryl methyl sites for hydroxylation is 1. The zero-order chi connectivity index (χ0) is 20.9. The third-order valence-corrected chi connectivity index (χ3v) is 5.43. The van der Waals surface area contributed by atoms with Gasteiger partial charge in [-0.2, -0.15) is 0 Å². The molecule has 0 aliphatic heterocycles. The normalized spacial score (nSPS) is 10.8. The van der Waals surface area contributed by atoms with Gasteiger partial charge in [0.2, 0.25) is 0 Å². The minimum atomic E-state index is -3.81. The van der Waals surface area contributed by atoms with Gasteiger partial charge in [0.25, 0.3) is 10.0 Å². The molecule has 0 aliphatic rings. The van der Waals surface area contributed by atoms with E-state index in [2.05, 4.69) is 15.4 Å². The molecule has 29 heavy (non-hydrogen) atoms. The summed E-state index contributed by atoms with van der Waals surface area (Å²) in [6.07, 6.45) is 0. The van der Waals surface area contributed by atoms with Gasteiger partial charge in [-0.05, 0) is 61.0 Å². The number of nitrogens with one attached hydrogen (secondary N) is 3. The molecule has 3 rings (SSSR count). The van der Waals surface area contributed by atoms with Crippen molar-refractivity contribution in [2.24, 2.45) is 0 Å². The van der Waals surface area contributed by atoms with E-state index in [1.807, 2.05) is 31.2 Å². The van der Waals surface area contributed by atoms with Gasteiger partial charge >= 0.3 is 6.03 Å². The lowest BCUT2D eigenvalue weighted by atomic mass is 10.2. The highest BCUT2D eigenvalue weighted by molar-refractivity contribution is 7.92. The molecule has 2 amide bonds. The van der Waals surface area contributed by atoms with Gasteiger partial charge in [-0.25, -0.2) is 13.2 Å². The smallest absolute Gasteiger partial charge is 0.323 e. The quantitative estimate of drug-likeness (QED) is 0.558. The number of sulfonamides is 1. The highest BCUT2D eigenvalue weighted by Gasteiger charge is 2.17. The molecule has 3 N–H and O–H groups in total. The highest BCUT2D eigenvalue weighted by atomic mass is 32.2. The number of amides is 2. The molecule has 0 unspecified atom stereocenters. The van der Waals surface area contributed by atoms with Crippen LogP contribution in [-0.4, -0.2) is 21.6 Å². The molecule has 0 aromatic heterocycles. The number of benzene rings is 3. The average Bonchev–Trinajstić information content (AvgIpc) is 2.69. The second-order valence-corrected chi connectivity index (χ2v) is 7.96. The summed E-state index contributed by atoms with van der Waals surface area (Å²) < 4.78 is 33.1. The minimum absolute atomic E-state index is 0.0649. The van der Waals surface area contributed by atoms with Crippen molar-refractivity contribution in [3.8, 4) is 5.75 Å². The van der Waals surface area contributed by atoms with Crippen LogP contribution >= 0.6 is 0 Å². The summed E-state index contributed by atoms with van der Waals surface area (Å²) in [5.41, 5.74) is 2.37. The lowest BCUT2D eigenvalue weighted by molar-refractivity contribution is 0.262. The molecule has 3 aromatic rings. The van der Waals surface area contributed by atoms with Crippen molar-refractivity contribution in [1.29, 1.82) is 0 Å².